The summed E-state index contributed by atoms with van der Waals surface area (Å²) >= 11 is 7.77. The molecule has 3 nitrogen and oxygen atoms in total. The first kappa shape index (κ1) is 15.7. The number of benzene rings is 1. The van der Waals surface area contributed by atoms with Gasteiger partial charge in [-0.1, -0.05) is 11.6 Å². The molecule has 1 aliphatic rings. The van der Waals surface area contributed by atoms with E-state index in [9.17, 15) is 4.79 Å². The monoisotopic (exact) mass is 312 g/mol. The van der Waals surface area contributed by atoms with Crippen LogP contribution in [0.4, 0.5) is 0 Å². The van der Waals surface area contributed by atoms with Crippen LogP contribution in [0, 0.1) is 0 Å². The zero-order chi connectivity index (χ0) is 14.5. The molecule has 1 heterocycles. The number of hydrogen-bond donors (Lipinski definition) is 1. The molecule has 1 aromatic carbocycles. The van der Waals surface area contributed by atoms with Crippen molar-refractivity contribution in [1.82, 2.24) is 4.90 Å². The van der Waals surface area contributed by atoms with E-state index in [1.54, 1.807) is 0 Å². The van der Waals surface area contributed by atoms with Crippen LogP contribution < -0.4 is 5.73 Å². The fourth-order valence-electron chi connectivity index (χ4n) is 2.33. The Morgan fingerprint density at radius 3 is 2.55 bits per heavy atom. The molecular weight excluding hydrogens is 292 g/mol. The van der Waals surface area contributed by atoms with Gasteiger partial charge >= 0.3 is 0 Å². The van der Waals surface area contributed by atoms with Gasteiger partial charge in [-0.25, -0.2) is 0 Å². The van der Waals surface area contributed by atoms with E-state index in [1.807, 2.05) is 35.7 Å². The minimum absolute atomic E-state index is 0.0522. The van der Waals surface area contributed by atoms with Crippen molar-refractivity contribution in [2.45, 2.75) is 42.4 Å². The molecule has 1 amide bonds. The third-order valence-electron chi connectivity index (χ3n) is 3.41. The van der Waals surface area contributed by atoms with Gasteiger partial charge in [0.05, 0.1) is 0 Å². The first-order chi connectivity index (χ1) is 9.54. The molecule has 2 rings (SSSR count). The van der Waals surface area contributed by atoms with Crippen LogP contribution in [0.5, 0.6) is 0 Å². The number of likely N-dealkylation sites (tertiary alicyclic amines) is 1. The molecule has 1 unspecified atom stereocenters. The third kappa shape index (κ3) is 4.69. The van der Waals surface area contributed by atoms with Crippen LogP contribution in [0.15, 0.2) is 29.2 Å². The maximum absolute atomic E-state index is 11.9. The lowest BCUT2D eigenvalue weighted by atomic mass is 10.1. The minimum atomic E-state index is -0.0522. The van der Waals surface area contributed by atoms with Gasteiger partial charge in [0.15, 0.2) is 0 Å². The highest BCUT2D eigenvalue weighted by Crippen LogP contribution is 2.31. The molecule has 1 aliphatic heterocycles. The van der Waals surface area contributed by atoms with Gasteiger partial charge in [0.25, 0.3) is 0 Å². The third-order valence-corrected chi connectivity index (χ3v) is 5.01. The Morgan fingerprint density at radius 1 is 1.40 bits per heavy atom. The molecule has 110 valence electrons. The molecule has 2 N–H and O–H groups in total. The predicted octanol–water partition coefficient (Wildman–Crippen LogP) is 3.16. The van der Waals surface area contributed by atoms with Crippen molar-refractivity contribution in [2.75, 3.05) is 13.1 Å². The van der Waals surface area contributed by atoms with Crippen molar-refractivity contribution < 1.29 is 4.79 Å². The summed E-state index contributed by atoms with van der Waals surface area (Å²) in [6.07, 6.45) is 2.53. The second-order valence-corrected chi connectivity index (χ2v) is 7.14. The first-order valence-corrected chi connectivity index (χ1v) is 8.26. The quantitative estimate of drug-likeness (QED) is 0.929. The Balaban J connectivity index is 1.79. The van der Waals surface area contributed by atoms with E-state index in [0.29, 0.717) is 11.7 Å². The zero-order valence-corrected chi connectivity index (χ0v) is 13.3. The van der Waals surface area contributed by atoms with Gasteiger partial charge < -0.3 is 10.6 Å². The van der Waals surface area contributed by atoms with Gasteiger partial charge in [0.2, 0.25) is 5.91 Å². The number of rotatable bonds is 4. The fraction of sp³-hybridized carbons (Fsp3) is 0.533. The molecule has 5 heteroatoms. The standard InChI is InChI=1S/C15H21ClN2OS/c1-11(17)10-15(19)18-8-6-14(7-9-18)20-13-4-2-12(16)3-5-13/h2-5,11,14H,6-10,17H2,1H3. The molecule has 0 spiro atoms. The summed E-state index contributed by atoms with van der Waals surface area (Å²) in [5, 5.41) is 1.35. The summed E-state index contributed by atoms with van der Waals surface area (Å²) in [5.74, 6) is 0.190. The summed E-state index contributed by atoms with van der Waals surface area (Å²) < 4.78 is 0. The van der Waals surface area contributed by atoms with E-state index in [-0.39, 0.29) is 11.9 Å². The van der Waals surface area contributed by atoms with Crippen LogP contribution in [0.3, 0.4) is 0 Å². The fourth-order valence-corrected chi connectivity index (χ4v) is 3.58. The highest BCUT2D eigenvalue weighted by molar-refractivity contribution is 8.00. The molecular formula is C15H21ClN2OS. The number of piperidine rings is 1. The average Bonchev–Trinajstić information content (AvgIpc) is 2.41. The number of halogens is 1. The lowest BCUT2D eigenvalue weighted by molar-refractivity contribution is -0.132. The van der Waals surface area contributed by atoms with Crippen LogP contribution in [0.25, 0.3) is 0 Å². The first-order valence-electron chi connectivity index (χ1n) is 7.00. The van der Waals surface area contributed by atoms with E-state index in [0.717, 1.165) is 31.0 Å². The number of carbonyl (C=O) groups excluding carboxylic acids is 1. The summed E-state index contributed by atoms with van der Waals surface area (Å²) in [6.45, 7) is 3.56. The second-order valence-electron chi connectivity index (χ2n) is 5.33. The van der Waals surface area contributed by atoms with Gasteiger partial charge in [-0.2, -0.15) is 0 Å². The summed E-state index contributed by atoms with van der Waals surface area (Å²) in [6, 6.07) is 7.90. The summed E-state index contributed by atoms with van der Waals surface area (Å²) in [4.78, 5) is 15.1. The number of carbonyl (C=O) groups is 1. The smallest absolute Gasteiger partial charge is 0.224 e. The molecule has 1 aromatic rings. The molecule has 1 atom stereocenters. The number of nitrogens with two attached hydrogens (primary N) is 1. The SMILES string of the molecule is CC(N)CC(=O)N1CCC(Sc2ccc(Cl)cc2)CC1. The van der Waals surface area contributed by atoms with Gasteiger partial charge in [-0.3, -0.25) is 4.79 Å². The maximum Gasteiger partial charge on any atom is 0.224 e. The van der Waals surface area contributed by atoms with E-state index >= 15 is 0 Å². The van der Waals surface area contributed by atoms with Gasteiger partial charge in [0.1, 0.15) is 0 Å². The number of thioether (sulfide) groups is 1. The molecule has 0 aromatic heterocycles. The molecule has 0 saturated carbocycles. The van der Waals surface area contributed by atoms with Crippen molar-refractivity contribution in [3.8, 4) is 0 Å². The Hall–Kier alpha value is -0.710. The highest BCUT2D eigenvalue weighted by atomic mass is 35.5. The van der Waals surface area contributed by atoms with E-state index in [4.69, 9.17) is 17.3 Å². The Morgan fingerprint density at radius 2 is 2.00 bits per heavy atom. The summed E-state index contributed by atoms with van der Waals surface area (Å²) in [7, 11) is 0. The zero-order valence-electron chi connectivity index (χ0n) is 11.7. The van der Waals surface area contributed by atoms with Crippen molar-refractivity contribution in [2.24, 2.45) is 5.73 Å². The van der Waals surface area contributed by atoms with Crippen LogP contribution in [0.2, 0.25) is 5.02 Å². The van der Waals surface area contributed by atoms with E-state index in [2.05, 4.69) is 12.1 Å². The van der Waals surface area contributed by atoms with Crippen LogP contribution in [-0.2, 0) is 4.79 Å². The van der Waals surface area contributed by atoms with Crippen LogP contribution in [0.1, 0.15) is 26.2 Å². The number of hydrogen-bond acceptors (Lipinski definition) is 3. The number of nitrogens with zero attached hydrogens (tertiary/aromatic N) is 1. The highest BCUT2D eigenvalue weighted by Gasteiger charge is 2.23. The lowest BCUT2D eigenvalue weighted by Crippen LogP contribution is -2.41. The van der Waals surface area contributed by atoms with Crippen molar-refractivity contribution in [3.05, 3.63) is 29.3 Å². The molecule has 0 bridgehead atoms. The van der Waals surface area contributed by atoms with Gasteiger partial charge in [0, 0.05) is 40.7 Å². The van der Waals surface area contributed by atoms with Crippen LogP contribution in [-0.4, -0.2) is 35.2 Å². The molecule has 0 radical (unpaired) electrons. The molecule has 0 aliphatic carbocycles. The van der Waals surface area contributed by atoms with Crippen LogP contribution >= 0.6 is 23.4 Å². The predicted molar refractivity (Wildman–Crippen MR) is 85.2 cm³/mol. The molecule has 1 fully saturated rings. The number of amides is 1. The Kier molecular flexibility index (Phi) is 5.75. The molecule has 1 saturated heterocycles. The van der Waals surface area contributed by atoms with Gasteiger partial charge in [-0.05, 0) is 44.0 Å². The van der Waals surface area contributed by atoms with Crippen molar-refractivity contribution in [3.63, 3.8) is 0 Å². The Bertz CT molecular complexity index is 442. The van der Waals surface area contributed by atoms with Crippen molar-refractivity contribution >= 4 is 29.3 Å². The molecule has 20 heavy (non-hydrogen) atoms. The summed E-state index contributed by atoms with van der Waals surface area (Å²) in [5.41, 5.74) is 5.68. The Labute approximate surface area is 129 Å². The van der Waals surface area contributed by atoms with E-state index in [1.165, 1.54) is 4.90 Å². The normalized spacial score (nSPS) is 18.1. The average molecular weight is 313 g/mol. The topological polar surface area (TPSA) is 46.3 Å². The largest absolute Gasteiger partial charge is 0.343 e. The van der Waals surface area contributed by atoms with Crippen molar-refractivity contribution in [1.29, 1.82) is 0 Å². The second kappa shape index (κ2) is 7.34. The van der Waals surface area contributed by atoms with Gasteiger partial charge in [-0.15, -0.1) is 11.8 Å². The lowest BCUT2D eigenvalue weighted by Gasteiger charge is -2.32. The van der Waals surface area contributed by atoms with E-state index < -0.39 is 0 Å². The minimum Gasteiger partial charge on any atom is -0.343 e. The maximum atomic E-state index is 11.9.